The first-order valence-corrected chi connectivity index (χ1v) is 9.51. The fourth-order valence-corrected chi connectivity index (χ4v) is 4.14. The average Bonchev–Trinajstić information content (AvgIpc) is 2.88. The molecule has 3 nitrogen and oxygen atoms in total. The van der Waals surface area contributed by atoms with Gasteiger partial charge in [-0.1, -0.05) is 46.0 Å². The number of rotatable bonds is 3. The molecule has 0 bridgehead atoms. The number of hydrogen-bond donors (Lipinski definition) is 0. The predicted molar refractivity (Wildman–Crippen MR) is 108 cm³/mol. The molecule has 0 unspecified atom stereocenters. The maximum absolute atomic E-state index is 13.0. The van der Waals surface area contributed by atoms with Crippen LogP contribution in [-0.4, -0.2) is 17.3 Å². The second kappa shape index (κ2) is 7.65. The number of methoxy groups -OCH3 is 1. The van der Waals surface area contributed by atoms with Crippen LogP contribution in [0.4, 0.5) is 18.9 Å². The largest absolute Gasteiger partial charge is 0.496 e. The summed E-state index contributed by atoms with van der Waals surface area (Å²) in [4.78, 5) is 14.2. The molecule has 27 heavy (non-hydrogen) atoms. The molecule has 0 N–H and O–H groups in total. The molecule has 1 saturated heterocycles. The summed E-state index contributed by atoms with van der Waals surface area (Å²) in [6, 6.07) is 9.83. The molecular formula is C18H11BrF3NO2S2. The van der Waals surface area contributed by atoms with Crippen LogP contribution in [0.25, 0.3) is 6.08 Å². The number of carbonyl (C=O) groups is 1. The summed E-state index contributed by atoms with van der Waals surface area (Å²) in [5.74, 6) is 0.0777. The zero-order chi connectivity index (χ0) is 19.8. The van der Waals surface area contributed by atoms with E-state index in [4.69, 9.17) is 17.0 Å². The monoisotopic (exact) mass is 473 g/mol. The SMILES string of the molecule is COc1ccc(Br)cc1/C=C1\SC(=S)N(c2cccc(C(F)(F)F)c2)C1=O. The van der Waals surface area contributed by atoms with Gasteiger partial charge in [-0.2, -0.15) is 13.2 Å². The van der Waals surface area contributed by atoms with Crippen LogP contribution in [-0.2, 0) is 11.0 Å². The highest BCUT2D eigenvalue weighted by molar-refractivity contribution is 9.10. The molecule has 9 heteroatoms. The maximum atomic E-state index is 13.0. The van der Waals surface area contributed by atoms with E-state index in [1.54, 1.807) is 24.3 Å². The molecule has 0 radical (unpaired) electrons. The van der Waals surface area contributed by atoms with E-state index in [9.17, 15) is 18.0 Å². The molecule has 1 fully saturated rings. The highest BCUT2D eigenvalue weighted by Crippen LogP contribution is 2.39. The van der Waals surface area contributed by atoms with E-state index < -0.39 is 17.6 Å². The van der Waals surface area contributed by atoms with Crippen LogP contribution in [0, 0.1) is 0 Å². The van der Waals surface area contributed by atoms with Crippen molar-refractivity contribution in [2.45, 2.75) is 6.18 Å². The predicted octanol–water partition coefficient (Wildman–Crippen LogP) is 5.88. The van der Waals surface area contributed by atoms with Gasteiger partial charge in [0, 0.05) is 10.0 Å². The van der Waals surface area contributed by atoms with Crippen molar-refractivity contribution in [1.82, 2.24) is 0 Å². The van der Waals surface area contributed by atoms with Gasteiger partial charge < -0.3 is 4.74 Å². The third-order valence-electron chi connectivity index (χ3n) is 3.70. The van der Waals surface area contributed by atoms with Gasteiger partial charge >= 0.3 is 6.18 Å². The maximum Gasteiger partial charge on any atom is 0.416 e. The van der Waals surface area contributed by atoms with E-state index in [0.717, 1.165) is 33.3 Å². The second-order valence-electron chi connectivity index (χ2n) is 5.45. The summed E-state index contributed by atoms with van der Waals surface area (Å²) >= 11 is 9.61. The minimum Gasteiger partial charge on any atom is -0.496 e. The van der Waals surface area contributed by atoms with Crippen LogP contribution in [0.3, 0.4) is 0 Å². The van der Waals surface area contributed by atoms with Gasteiger partial charge in [0.25, 0.3) is 5.91 Å². The van der Waals surface area contributed by atoms with E-state index in [2.05, 4.69) is 15.9 Å². The Balaban J connectivity index is 1.98. The van der Waals surface area contributed by atoms with Gasteiger partial charge in [-0.3, -0.25) is 9.69 Å². The highest BCUT2D eigenvalue weighted by atomic mass is 79.9. The van der Waals surface area contributed by atoms with Crippen molar-refractivity contribution < 1.29 is 22.7 Å². The molecule has 0 aliphatic carbocycles. The van der Waals surface area contributed by atoms with Crippen LogP contribution in [0.5, 0.6) is 5.75 Å². The van der Waals surface area contributed by atoms with E-state index in [-0.39, 0.29) is 10.0 Å². The molecule has 0 atom stereocenters. The molecule has 1 aliphatic heterocycles. The lowest BCUT2D eigenvalue weighted by atomic mass is 10.1. The number of benzene rings is 2. The van der Waals surface area contributed by atoms with E-state index >= 15 is 0 Å². The number of thioether (sulfide) groups is 1. The van der Waals surface area contributed by atoms with Gasteiger partial charge in [0.05, 0.1) is 23.3 Å². The van der Waals surface area contributed by atoms with Gasteiger partial charge in [-0.25, -0.2) is 0 Å². The Morgan fingerprint density at radius 1 is 1.22 bits per heavy atom. The lowest BCUT2D eigenvalue weighted by molar-refractivity contribution is -0.137. The number of anilines is 1. The first kappa shape index (κ1) is 19.9. The summed E-state index contributed by atoms with van der Waals surface area (Å²) in [5.41, 5.74) is -0.111. The summed E-state index contributed by atoms with van der Waals surface area (Å²) < 4.78 is 45.1. The van der Waals surface area contributed by atoms with Crippen LogP contribution in [0.15, 0.2) is 51.8 Å². The average molecular weight is 474 g/mol. The molecule has 0 saturated carbocycles. The van der Waals surface area contributed by atoms with Gasteiger partial charge in [0.15, 0.2) is 4.32 Å². The summed E-state index contributed by atoms with van der Waals surface area (Å²) in [7, 11) is 1.51. The Morgan fingerprint density at radius 2 is 1.96 bits per heavy atom. The molecule has 1 amide bonds. The zero-order valence-electron chi connectivity index (χ0n) is 13.7. The van der Waals surface area contributed by atoms with Crippen molar-refractivity contribution in [1.29, 1.82) is 0 Å². The molecule has 1 heterocycles. The van der Waals surface area contributed by atoms with Crippen molar-refractivity contribution in [2.75, 3.05) is 12.0 Å². The van der Waals surface area contributed by atoms with E-state index in [0.29, 0.717) is 16.2 Å². The fourth-order valence-electron chi connectivity index (χ4n) is 2.47. The van der Waals surface area contributed by atoms with E-state index in [1.165, 1.54) is 19.2 Å². The second-order valence-corrected chi connectivity index (χ2v) is 8.04. The Kier molecular flexibility index (Phi) is 5.64. The Bertz CT molecular complexity index is 960. The topological polar surface area (TPSA) is 29.5 Å². The summed E-state index contributed by atoms with van der Waals surface area (Å²) in [6.07, 6.45) is -2.90. The standard InChI is InChI=1S/C18H11BrF3NO2S2/c1-25-14-6-5-12(19)7-10(14)8-15-16(24)23(17(26)27-15)13-4-2-3-11(9-13)18(20,21)22/h2-9H,1H3/b15-8-. The van der Waals surface area contributed by atoms with Crippen LogP contribution < -0.4 is 9.64 Å². The third-order valence-corrected chi connectivity index (χ3v) is 5.50. The Labute approximate surface area is 171 Å². The molecule has 2 aromatic rings. The number of hydrogen-bond acceptors (Lipinski definition) is 4. The normalized spacial score (nSPS) is 16.3. The molecule has 140 valence electrons. The first-order valence-electron chi connectivity index (χ1n) is 7.49. The summed E-state index contributed by atoms with van der Waals surface area (Å²) in [6.45, 7) is 0. The van der Waals surface area contributed by atoms with Gasteiger partial charge in [-0.05, 0) is 42.5 Å². The number of nitrogens with zero attached hydrogens (tertiary/aromatic N) is 1. The fraction of sp³-hybridized carbons (Fsp3) is 0.111. The molecular weight excluding hydrogens is 463 g/mol. The number of amides is 1. The number of ether oxygens (including phenoxy) is 1. The molecule has 3 rings (SSSR count). The third kappa shape index (κ3) is 4.20. The van der Waals surface area contributed by atoms with Gasteiger partial charge in [0.1, 0.15) is 5.75 Å². The minimum absolute atomic E-state index is 0.0805. The molecule has 0 aromatic heterocycles. The Morgan fingerprint density at radius 3 is 2.63 bits per heavy atom. The van der Waals surface area contributed by atoms with Crippen LogP contribution in [0.1, 0.15) is 11.1 Å². The highest BCUT2D eigenvalue weighted by Gasteiger charge is 2.36. The number of carbonyl (C=O) groups excluding carboxylic acids is 1. The van der Waals surface area contributed by atoms with Crippen molar-refractivity contribution >= 4 is 61.9 Å². The van der Waals surface area contributed by atoms with Gasteiger partial charge in [-0.15, -0.1) is 0 Å². The summed E-state index contributed by atoms with van der Waals surface area (Å²) in [5, 5.41) is 0. The molecule has 0 spiro atoms. The zero-order valence-corrected chi connectivity index (χ0v) is 16.9. The van der Waals surface area contributed by atoms with Crippen molar-refractivity contribution in [2.24, 2.45) is 0 Å². The van der Waals surface area contributed by atoms with Crippen molar-refractivity contribution in [3.05, 3.63) is 63.0 Å². The molecule has 2 aromatic carbocycles. The van der Waals surface area contributed by atoms with Crippen LogP contribution >= 0.6 is 39.9 Å². The number of alkyl halides is 3. The minimum atomic E-state index is -4.50. The first-order chi connectivity index (χ1) is 12.7. The quantitative estimate of drug-likeness (QED) is 0.411. The smallest absolute Gasteiger partial charge is 0.416 e. The number of thiocarbonyl (C=S) groups is 1. The molecule has 1 aliphatic rings. The van der Waals surface area contributed by atoms with Crippen molar-refractivity contribution in [3.8, 4) is 5.75 Å². The lowest BCUT2D eigenvalue weighted by Crippen LogP contribution is -2.27. The lowest BCUT2D eigenvalue weighted by Gasteiger charge is -2.16. The van der Waals surface area contributed by atoms with Gasteiger partial charge in [0.2, 0.25) is 0 Å². The van der Waals surface area contributed by atoms with Crippen LogP contribution in [0.2, 0.25) is 0 Å². The van der Waals surface area contributed by atoms with E-state index in [1.807, 2.05) is 0 Å². The van der Waals surface area contributed by atoms with Crippen molar-refractivity contribution in [3.63, 3.8) is 0 Å². The Hall–Kier alpha value is -1.84. The number of halogens is 4.